The Morgan fingerprint density at radius 1 is 1.24 bits per heavy atom. The highest BCUT2D eigenvalue weighted by Crippen LogP contribution is 2.35. The number of likely N-dealkylation sites (tertiary alicyclic amines) is 1. The average molecular weight is 345 g/mol. The number of aliphatic hydroxyl groups excluding tert-OH is 1. The van der Waals surface area contributed by atoms with Crippen molar-refractivity contribution in [1.29, 1.82) is 0 Å². The number of rotatable bonds is 4. The molecule has 2 unspecified atom stereocenters. The molecule has 0 aliphatic carbocycles. The minimum atomic E-state index is -0.588. The Kier molecular flexibility index (Phi) is 4.10. The van der Waals surface area contributed by atoms with Gasteiger partial charge in [0.1, 0.15) is 23.1 Å². The first-order valence-corrected chi connectivity index (χ1v) is 8.05. The highest BCUT2D eigenvalue weighted by molar-refractivity contribution is 5.51. The smallest absolute Gasteiger partial charge is 0.152 e. The van der Waals surface area contributed by atoms with Gasteiger partial charge >= 0.3 is 0 Å². The van der Waals surface area contributed by atoms with Gasteiger partial charge in [-0.2, -0.15) is 5.10 Å². The number of aromatic nitrogens is 2. The van der Waals surface area contributed by atoms with E-state index in [1.165, 1.54) is 6.07 Å². The standard InChI is InChI=1S/C18H17F2N3O2/c19-11-1-3-15(20)14(7-11)17-8-12(24)9-23(17)10-13-2-4-18(25-13)16-5-6-21-22-16/h1-7,12,17,24H,8-10H2,(H,21,22). The molecule has 1 aliphatic heterocycles. The summed E-state index contributed by atoms with van der Waals surface area (Å²) in [5.74, 6) is 0.376. The quantitative estimate of drug-likeness (QED) is 0.762. The van der Waals surface area contributed by atoms with E-state index < -0.39 is 23.8 Å². The van der Waals surface area contributed by atoms with Crippen LogP contribution in [0.3, 0.4) is 0 Å². The van der Waals surface area contributed by atoms with Gasteiger partial charge in [0.2, 0.25) is 0 Å². The highest BCUT2D eigenvalue weighted by Gasteiger charge is 2.34. The Balaban J connectivity index is 1.57. The van der Waals surface area contributed by atoms with Crippen LogP contribution in [0, 0.1) is 11.6 Å². The number of aromatic amines is 1. The van der Waals surface area contributed by atoms with Gasteiger partial charge < -0.3 is 9.52 Å². The maximum Gasteiger partial charge on any atom is 0.152 e. The number of furan rings is 1. The van der Waals surface area contributed by atoms with E-state index >= 15 is 0 Å². The molecule has 0 radical (unpaired) electrons. The van der Waals surface area contributed by atoms with Crippen LogP contribution in [0.1, 0.15) is 23.8 Å². The van der Waals surface area contributed by atoms with E-state index in [2.05, 4.69) is 10.2 Å². The lowest BCUT2D eigenvalue weighted by Crippen LogP contribution is -2.24. The number of benzene rings is 1. The molecule has 0 saturated carbocycles. The summed E-state index contributed by atoms with van der Waals surface area (Å²) in [5, 5.41) is 16.7. The molecular formula is C18H17F2N3O2. The zero-order chi connectivity index (χ0) is 17.4. The van der Waals surface area contributed by atoms with Crippen LogP contribution in [0.5, 0.6) is 0 Å². The van der Waals surface area contributed by atoms with Gasteiger partial charge in [0.05, 0.1) is 12.6 Å². The summed E-state index contributed by atoms with van der Waals surface area (Å²) in [6.45, 7) is 0.770. The van der Waals surface area contributed by atoms with Crippen molar-refractivity contribution in [2.75, 3.05) is 6.54 Å². The summed E-state index contributed by atoms with van der Waals surface area (Å²) in [4.78, 5) is 1.90. The molecule has 1 saturated heterocycles. The molecule has 130 valence electrons. The molecule has 0 amide bonds. The van der Waals surface area contributed by atoms with Crippen molar-refractivity contribution < 1.29 is 18.3 Å². The van der Waals surface area contributed by atoms with Crippen molar-refractivity contribution in [1.82, 2.24) is 15.1 Å². The third kappa shape index (κ3) is 3.20. The third-order valence-corrected chi connectivity index (χ3v) is 4.49. The number of aliphatic hydroxyl groups is 1. The number of hydrogen-bond acceptors (Lipinski definition) is 4. The van der Waals surface area contributed by atoms with Crippen molar-refractivity contribution in [3.63, 3.8) is 0 Å². The molecule has 2 N–H and O–H groups in total. The molecule has 1 aliphatic rings. The fraction of sp³-hybridized carbons (Fsp3) is 0.278. The van der Waals surface area contributed by atoms with Crippen LogP contribution in [0.4, 0.5) is 8.78 Å². The number of nitrogens with one attached hydrogen (secondary N) is 1. The Morgan fingerprint density at radius 2 is 2.12 bits per heavy atom. The fourth-order valence-corrected chi connectivity index (χ4v) is 3.35. The lowest BCUT2D eigenvalue weighted by atomic mass is 10.0. The van der Waals surface area contributed by atoms with Gasteiger partial charge in [0, 0.05) is 24.3 Å². The van der Waals surface area contributed by atoms with Crippen molar-refractivity contribution in [2.24, 2.45) is 0 Å². The van der Waals surface area contributed by atoms with Crippen molar-refractivity contribution in [3.05, 3.63) is 65.6 Å². The monoisotopic (exact) mass is 345 g/mol. The second kappa shape index (κ2) is 6.42. The predicted molar refractivity (Wildman–Crippen MR) is 86.4 cm³/mol. The summed E-state index contributed by atoms with van der Waals surface area (Å²) < 4.78 is 33.5. The van der Waals surface area contributed by atoms with Gasteiger partial charge in [-0.05, 0) is 42.8 Å². The third-order valence-electron chi connectivity index (χ3n) is 4.49. The maximum atomic E-state index is 14.1. The SMILES string of the molecule is OC1CC(c2cc(F)ccc2F)N(Cc2ccc(-c3ccn[nH]3)o2)C1. The largest absolute Gasteiger partial charge is 0.458 e. The summed E-state index contributed by atoms with van der Waals surface area (Å²) in [7, 11) is 0. The van der Waals surface area contributed by atoms with E-state index in [0.29, 0.717) is 31.0 Å². The molecular weight excluding hydrogens is 328 g/mol. The molecule has 0 bridgehead atoms. The van der Waals surface area contributed by atoms with Gasteiger partial charge in [-0.15, -0.1) is 0 Å². The zero-order valence-corrected chi connectivity index (χ0v) is 13.3. The van der Waals surface area contributed by atoms with Crippen LogP contribution in [0.2, 0.25) is 0 Å². The van der Waals surface area contributed by atoms with Crippen molar-refractivity contribution >= 4 is 0 Å². The van der Waals surface area contributed by atoms with E-state index in [4.69, 9.17) is 4.42 Å². The topological polar surface area (TPSA) is 65.3 Å². The number of halogens is 2. The lowest BCUT2D eigenvalue weighted by Gasteiger charge is -2.23. The first kappa shape index (κ1) is 16.0. The first-order chi connectivity index (χ1) is 12.1. The van der Waals surface area contributed by atoms with E-state index in [9.17, 15) is 13.9 Å². The average Bonchev–Trinajstić information content (AvgIpc) is 3.30. The highest BCUT2D eigenvalue weighted by atomic mass is 19.1. The van der Waals surface area contributed by atoms with E-state index in [1.54, 1.807) is 12.3 Å². The molecule has 3 aromatic rings. The second-order valence-corrected chi connectivity index (χ2v) is 6.24. The minimum Gasteiger partial charge on any atom is -0.458 e. The van der Waals surface area contributed by atoms with Gasteiger partial charge in [0.25, 0.3) is 0 Å². The van der Waals surface area contributed by atoms with Crippen LogP contribution in [0.25, 0.3) is 11.5 Å². The Labute approximate surface area is 142 Å². The molecule has 7 heteroatoms. The lowest BCUT2D eigenvalue weighted by molar-refractivity contribution is 0.168. The molecule has 2 atom stereocenters. The predicted octanol–water partition coefficient (Wildman–Crippen LogP) is 3.26. The molecule has 1 aromatic carbocycles. The maximum absolute atomic E-state index is 14.1. The molecule has 5 nitrogen and oxygen atoms in total. The van der Waals surface area contributed by atoms with Crippen molar-refractivity contribution in [2.45, 2.75) is 25.1 Å². The summed E-state index contributed by atoms with van der Waals surface area (Å²) in [5.41, 5.74) is 1.03. The number of nitrogens with zero attached hydrogens (tertiary/aromatic N) is 2. The number of β-amino-alcohol motifs (C(OH)–C–C–N with tert-alkyl or cyclic N) is 1. The van der Waals surface area contributed by atoms with Gasteiger partial charge in [-0.25, -0.2) is 8.78 Å². The minimum absolute atomic E-state index is 0.261. The van der Waals surface area contributed by atoms with Crippen molar-refractivity contribution in [3.8, 4) is 11.5 Å². The normalized spacial score (nSPS) is 21.1. The van der Waals surface area contributed by atoms with E-state index in [0.717, 1.165) is 17.8 Å². The molecule has 2 aromatic heterocycles. The molecule has 25 heavy (non-hydrogen) atoms. The van der Waals surface area contributed by atoms with Gasteiger partial charge in [-0.3, -0.25) is 10.00 Å². The van der Waals surface area contributed by atoms with E-state index in [1.807, 2.05) is 17.0 Å². The Bertz CT molecular complexity index is 863. The van der Waals surface area contributed by atoms with Crippen LogP contribution in [-0.2, 0) is 6.54 Å². The van der Waals surface area contributed by atoms with Crippen LogP contribution in [0.15, 0.2) is 47.0 Å². The van der Waals surface area contributed by atoms with Gasteiger partial charge in [0.15, 0.2) is 5.76 Å². The molecule has 0 spiro atoms. The Hall–Kier alpha value is -2.51. The van der Waals surface area contributed by atoms with Crippen LogP contribution < -0.4 is 0 Å². The molecule has 4 rings (SSSR count). The summed E-state index contributed by atoms with van der Waals surface area (Å²) >= 11 is 0. The molecule has 1 fully saturated rings. The number of hydrogen-bond donors (Lipinski definition) is 2. The van der Waals surface area contributed by atoms with Crippen LogP contribution in [-0.4, -0.2) is 32.9 Å². The Morgan fingerprint density at radius 3 is 2.92 bits per heavy atom. The second-order valence-electron chi connectivity index (χ2n) is 6.24. The van der Waals surface area contributed by atoms with E-state index in [-0.39, 0.29) is 5.56 Å². The fourth-order valence-electron chi connectivity index (χ4n) is 3.35. The van der Waals surface area contributed by atoms with Crippen LogP contribution >= 0.6 is 0 Å². The molecule has 3 heterocycles. The first-order valence-electron chi connectivity index (χ1n) is 8.05. The van der Waals surface area contributed by atoms with Gasteiger partial charge in [-0.1, -0.05) is 0 Å². The number of H-pyrrole nitrogens is 1. The zero-order valence-electron chi connectivity index (χ0n) is 13.3. The summed E-state index contributed by atoms with van der Waals surface area (Å²) in [6.07, 6.45) is 1.40. The summed E-state index contributed by atoms with van der Waals surface area (Å²) in [6, 6.07) is 8.48.